The Morgan fingerprint density at radius 3 is 2.73 bits per heavy atom. The summed E-state index contributed by atoms with van der Waals surface area (Å²) in [4.78, 5) is 14.1. The number of piperazine rings is 1. The van der Waals surface area contributed by atoms with Crippen molar-refractivity contribution in [1.29, 1.82) is 0 Å². The van der Waals surface area contributed by atoms with Crippen LogP contribution in [0.3, 0.4) is 0 Å². The number of hydrogen-bond acceptors (Lipinski definition) is 2. The minimum absolute atomic E-state index is 0.0250. The molecule has 1 aliphatic heterocycles. The van der Waals surface area contributed by atoms with E-state index in [1.807, 2.05) is 4.90 Å². The minimum Gasteiger partial charge on any atom is -0.335 e. The first-order valence-electron chi connectivity index (χ1n) is 5.98. The van der Waals surface area contributed by atoms with E-state index in [2.05, 4.69) is 33.0 Å². The van der Waals surface area contributed by atoms with Crippen molar-refractivity contribution in [3.05, 3.63) is 0 Å². The van der Waals surface area contributed by atoms with Crippen LogP contribution in [0, 0.1) is 5.92 Å². The van der Waals surface area contributed by atoms with Gasteiger partial charge in [0.2, 0.25) is 5.91 Å². The smallest absolute Gasteiger partial charge is 0.223 e. The van der Waals surface area contributed by atoms with Gasteiger partial charge in [0.1, 0.15) is 0 Å². The molecule has 88 valence electrons. The van der Waals surface area contributed by atoms with E-state index in [1.165, 1.54) is 0 Å². The van der Waals surface area contributed by atoms with E-state index in [0.29, 0.717) is 18.2 Å². The van der Waals surface area contributed by atoms with Gasteiger partial charge in [0.05, 0.1) is 0 Å². The van der Waals surface area contributed by atoms with Crippen molar-refractivity contribution in [1.82, 2.24) is 10.2 Å². The highest BCUT2D eigenvalue weighted by atomic mass is 16.2. The van der Waals surface area contributed by atoms with Crippen molar-refractivity contribution >= 4 is 5.91 Å². The van der Waals surface area contributed by atoms with E-state index >= 15 is 0 Å². The van der Waals surface area contributed by atoms with Gasteiger partial charge >= 0.3 is 0 Å². The molecule has 1 aliphatic rings. The second kappa shape index (κ2) is 4.97. The predicted molar refractivity (Wildman–Crippen MR) is 62.7 cm³/mol. The van der Waals surface area contributed by atoms with E-state index in [0.717, 1.165) is 26.1 Å². The van der Waals surface area contributed by atoms with E-state index < -0.39 is 0 Å². The lowest BCUT2D eigenvalue weighted by Gasteiger charge is -2.43. The molecule has 0 radical (unpaired) electrons. The molecule has 0 bridgehead atoms. The summed E-state index contributed by atoms with van der Waals surface area (Å²) in [5.41, 5.74) is -0.0250. The van der Waals surface area contributed by atoms with Crippen LogP contribution >= 0.6 is 0 Å². The second-order valence-corrected chi connectivity index (χ2v) is 5.25. The van der Waals surface area contributed by atoms with Gasteiger partial charge in [0, 0.05) is 31.6 Å². The first-order valence-corrected chi connectivity index (χ1v) is 5.98. The zero-order valence-electron chi connectivity index (χ0n) is 10.5. The summed E-state index contributed by atoms with van der Waals surface area (Å²) in [5.74, 6) is 0.819. The summed E-state index contributed by atoms with van der Waals surface area (Å²) in [6.45, 7) is 11.2. The summed E-state index contributed by atoms with van der Waals surface area (Å²) in [7, 11) is 0. The molecule has 0 aromatic carbocycles. The number of carbonyl (C=O) groups is 1. The van der Waals surface area contributed by atoms with Crippen LogP contribution in [0.5, 0.6) is 0 Å². The Hall–Kier alpha value is -0.570. The molecular formula is C12H24N2O. The van der Waals surface area contributed by atoms with Gasteiger partial charge in [-0.3, -0.25) is 4.79 Å². The molecule has 1 rings (SSSR count). The van der Waals surface area contributed by atoms with Crippen molar-refractivity contribution in [2.24, 2.45) is 5.92 Å². The second-order valence-electron chi connectivity index (χ2n) is 5.25. The van der Waals surface area contributed by atoms with Crippen LogP contribution < -0.4 is 5.32 Å². The summed E-state index contributed by atoms with van der Waals surface area (Å²) in [5, 5.41) is 3.33. The molecule has 0 spiro atoms. The Labute approximate surface area is 93.2 Å². The van der Waals surface area contributed by atoms with Crippen LogP contribution in [0.1, 0.15) is 40.5 Å². The number of amides is 1. The summed E-state index contributed by atoms with van der Waals surface area (Å²) in [6.07, 6.45) is 1.78. The molecule has 0 aromatic heterocycles. The van der Waals surface area contributed by atoms with Crippen LogP contribution in [0.15, 0.2) is 0 Å². The summed E-state index contributed by atoms with van der Waals surface area (Å²) >= 11 is 0. The first kappa shape index (κ1) is 12.5. The van der Waals surface area contributed by atoms with Crippen LogP contribution in [0.25, 0.3) is 0 Å². The lowest BCUT2D eigenvalue weighted by molar-refractivity contribution is -0.138. The molecule has 1 unspecified atom stereocenters. The number of hydrogen-bond donors (Lipinski definition) is 1. The Balaban J connectivity index is 2.57. The van der Waals surface area contributed by atoms with Gasteiger partial charge in [-0.15, -0.1) is 0 Å². The molecule has 1 atom stereocenters. The van der Waals surface area contributed by atoms with Crippen molar-refractivity contribution in [3.8, 4) is 0 Å². The zero-order valence-corrected chi connectivity index (χ0v) is 10.5. The Morgan fingerprint density at radius 1 is 1.53 bits per heavy atom. The average Bonchev–Trinajstić information content (AvgIpc) is 2.16. The minimum atomic E-state index is -0.0250. The number of carbonyl (C=O) groups excluding carboxylic acids is 1. The molecule has 1 amide bonds. The van der Waals surface area contributed by atoms with Crippen LogP contribution in [0.4, 0.5) is 0 Å². The maximum absolute atomic E-state index is 12.1. The fourth-order valence-electron chi connectivity index (χ4n) is 2.00. The first-order chi connectivity index (χ1) is 6.97. The Morgan fingerprint density at radius 2 is 2.20 bits per heavy atom. The summed E-state index contributed by atoms with van der Waals surface area (Å²) < 4.78 is 0. The van der Waals surface area contributed by atoms with E-state index in [4.69, 9.17) is 0 Å². The van der Waals surface area contributed by atoms with Crippen molar-refractivity contribution in [2.45, 2.75) is 46.1 Å². The van der Waals surface area contributed by atoms with Gasteiger partial charge < -0.3 is 10.2 Å². The maximum atomic E-state index is 12.1. The summed E-state index contributed by atoms with van der Waals surface area (Å²) in [6, 6.07) is 0. The molecule has 3 heteroatoms. The third-order valence-corrected chi connectivity index (χ3v) is 3.32. The average molecular weight is 212 g/mol. The fourth-order valence-corrected chi connectivity index (χ4v) is 2.00. The van der Waals surface area contributed by atoms with Gasteiger partial charge in [-0.05, 0) is 19.8 Å². The molecule has 1 fully saturated rings. The van der Waals surface area contributed by atoms with E-state index in [1.54, 1.807) is 0 Å². The largest absolute Gasteiger partial charge is 0.335 e. The quantitative estimate of drug-likeness (QED) is 0.771. The molecule has 0 aromatic rings. The van der Waals surface area contributed by atoms with Crippen molar-refractivity contribution in [3.63, 3.8) is 0 Å². The molecule has 3 nitrogen and oxygen atoms in total. The normalized spacial score (nSPS) is 22.5. The monoisotopic (exact) mass is 212 g/mol. The molecule has 0 saturated carbocycles. The van der Waals surface area contributed by atoms with Gasteiger partial charge in [-0.25, -0.2) is 0 Å². The third-order valence-electron chi connectivity index (χ3n) is 3.32. The predicted octanol–water partition coefficient (Wildman–Crippen LogP) is 1.63. The molecule has 1 heterocycles. The lowest BCUT2D eigenvalue weighted by Crippen LogP contribution is -2.60. The van der Waals surface area contributed by atoms with Crippen LogP contribution in [-0.2, 0) is 4.79 Å². The molecule has 1 saturated heterocycles. The zero-order chi connectivity index (χ0) is 11.5. The highest BCUT2D eigenvalue weighted by Gasteiger charge is 2.33. The molecule has 1 N–H and O–H groups in total. The molecular weight excluding hydrogens is 188 g/mol. The number of nitrogens with zero attached hydrogens (tertiary/aromatic N) is 1. The highest BCUT2D eigenvalue weighted by molar-refractivity contribution is 5.77. The molecule has 0 aliphatic carbocycles. The highest BCUT2D eigenvalue weighted by Crippen LogP contribution is 2.19. The number of rotatable bonds is 3. The van der Waals surface area contributed by atoms with Gasteiger partial charge in [0.25, 0.3) is 0 Å². The maximum Gasteiger partial charge on any atom is 0.223 e. The van der Waals surface area contributed by atoms with Gasteiger partial charge in [-0.2, -0.15) is 0 Å². The standard InChI is InChI=1S/C12H24N2O/c1-5-10(2)8-11(15)14-7-6-13-9-12(14,3)4/h10,13H,5-9H2,1-4H3. The van der Waals surface area contributed by atoms with Crippen LogP contribution in [0.2, 0.25) is 0 Å². The Kier molecular flexibility index (Phi) is 4.14. The lowest BCUT2D eigenvalue weighted by atomic mass is 9.97. The SMILES string of the molecule is CCC(C)CC(=O)N1CCNCC1(C)C. The third kappa shape index (κ3) is 3.20. The Bertz CT molecular complexity index is 226. The van der Waals surface area contributed by atoms with E-state index in [9.17, 15) is 4.79 Å². The van der Waals surface area contributed by atoms with Gasteiger partial charge in [-0.1, -0.05) is 20.3 Å². The number of nitrogens with one attached hydrogen (secondary N) is 1. The van der Waals surface area contributed by atoms with Gasteiger partial charge in [0.15, 0.2) is 0 Å². The van der Waals surface area contributed by atoms with Crippen molar-refractivity contribution < 1.29 is 4.79 Å². The topological polar surface area (TPSA) is 32.3 Å². The van der Waals surface area contributed by atoms with E-state index in [-0.39, 0.29) is 5.54 Å². The van der Waals surface area contributed by atoms with Crippen LogP contribution in [-0.4, -0.2) is 36.0 Å². The van der Waals surface area contributed by atoms with Crippen molar-refractivity contribution in [2.75, 3.05) is 19.6 Å². The fraction of sp³-hybridized carbons (Fsp3) is 0.917. The molecule has 15 heavy (non-hydrogen) atoms.